The fourth-order valence-corrected chi connectivity index (χ4v) is 11.0. The average molecular weight is 1090 g/mol. The van der Waals surface area contributed by atoms with Gasteiger partial charge in [0, 0.05) is 94.0 Å². The fourth-order valence-electron chi connectivity index (χ4n) is 11.0. The van der Waals surface area contributed by atoms with Gasteiger partial charge in [0.2, 0.25) is 0 Å². The van der Waals surface area contributed by atoms with Gasteiger partial charge in [0.1, 0.15) is 0 Å². The molecule has 6 nitrogen and oxygen atoms in total. The molecule has 4 aromatic heterocycles. The van der Waals surface area contributed by atoms with Crippen molar-refractivity contribution in [3.8, 4) is 33.8 Å². The van der Waals surface area contributed by atoms with Crippen LogP contribution in [0.5, 0.6) is 11.5 Å². The summed E-state index contributed by atoms with van der Waals surface area (Å²) >= 11 is 0. The summed E-state index contributed by atoms with van der Waals surface area (Å²) in [6.45, 7) is 8.97. The molecule has 0 N–H and O–H groups in total. The summed E-state index contributed by atoms with van der Waals surface area (Å²) in [4.78, 5) is 9.70. The molecule has 0 aliphatic carbocycles. The Labute approximate surface area is 425 Å². The van der Waals surface area contributed by atoms with Gasteiger partial charge in [-0.1, -0.05) is 166 Å². The third-order valence-corrected chi connectivity index (χ3v) is 14.2. The van der Waals surface area contributed by atoms with Crippen LogP contribution in [-0.2, 0) is 26.5 Å². The quantitative estimate of drug-likeness (QED) is 0.156. The first-order chi connectivity index (χ1) is 34.4. The summed E-state index contributed by atoms with van der Waals surface area (Å²) in [7, 11) is 0. The largest absolute Gasteiger partial charge is 0.509 e. The van der Waals surface area contributed by atoms with E-state index in [1.54, 1.807) is 0 Å². The zero-order valence-electron chi connectivity index (χ0n) is 39.2. The Kier molecular flexibility index (Phi) is 9.95. The smallest absolute Gasteiger partial charge is 0.160 e. The molecule has 0 bridgehead atoms. The van der Waals surface area contributed by atoms with Crippen molar-refractivity contribution < 1.29 is 25.8 Å². The summed E-state index contributed by atoms with van der Waals surface area (Å²) in [6, 6.07) is 78.8. The van der Waals surface area contributed by atoms with E-state index in [1.807, 2.05) is 30.5 Å². The standard InChI is InChI=1S/C64H44N5O.Pt/c1-64(2,3)43-33-31-42(32-34-43)48-22-12-21-47(41-16-5-4-6-17-41)60(48)67-40-66(56-28-9-10-29-57(56)67)44-18-11-19-45(38-44)70-46-35-36-50-52-24-14-26-54-53-25-13-23-51-49-20-7-8-27-55(49)68(61(51)53)58-30-15-37-65-63(58)69(62(52)54)59(50)39-46;/h4-37,40H,1-3H3;/q-3;. The molecule has 0 spiro atoms. The van der Waals surface area contributed by atoms with Crippen molar-refractivity contribution in [2.45, 2.75) is 26.2 Å². The Hall–Kier alpha value is -8.18. The van der Waals surface area contributed by atoms with Crippen molar-refractivity contribution in [3.63, 3.8) is 0 Å². The van der Waals surface area contributed by atoms with E-state index < -0.39 is 0 Å². The van der Waals surface area contributed by atoms with Crippen molar-refractivity contribution in [1.29, 1.82) is 0 Å². The molecule has 7 heteroatoms. The number of rotatable bonds is 6. The number of ether oxygens (including phenoxy) is 1. The van der Waals surface area contributed by atoms with Crippen LogP contribution in [0.3, 0.4) is 0 Å². The molecule has 9 aromatic carbocycles. The van der Waals surface area contributed by atoms with Gasteiger partial charge in [0.05, 0.1) is 16.6 Å². The number of benzene rings is 9. The predicted octanol–water partition coefficient (Wildman–Crippen LogP) is 16.8. The van der Waals surface area contributed by atoms with Crippen LogP contribution in [0.2, 0.25) is 0 Å². The van der Waals surface area contributed by atoms with Gasteiger partial charge < -0.3 is 23.3 Å². The summed E-state index contributed by atoms with van der Waals surface area (Å²) in [5.41, 5.74) is 16.2. The molecule has 0 saturated carbocycles. The van der Waals surface area contributed by atoms with E-state index in [0.717, 1.165) is 88.9 Å². The number of hydrogen-bond acceptors (Lipinski definition) is 4. The van der Waals surface area contributed by atoms with Crippen LogP contribution in [0.1, 0.15) is 26.3 Å². The second kappa shape index (κ2) is 16.5. The van der Waals surface area contributed by atoms with Crippen molar-refractivity contribution >= 4 is 88.3 Å². The Morgan fingerprint density at radius 1 is 0.465 bits per heavy atom. The first kappa shape index (κ1) is 42.9. The van der Waals surface area contributed by atoms with Gasteiger partial charge in [-0.25, -0.2) is 4.98 Å². The maximum absolute atomic E-state index is 6.81. The Morgan fingerprint density at radius 2 is 1.04 bits per heavy atom. The van der Waals surface area contributed by atoms with E-state index in [9.17, 15) is 0 Å². The Balaban J connectivity index is 0.00000492. The third-order valence-electron chi connectivity index (χ3n) is 14.2. The molecule has 13 aromatic rings. The first-order valence-electron chi connectivity index (χ1n) is 23.9. The van der Waals surface area contributed by atoms with Crippen molar-refractivity contribution in [2.24, 2.45) is 0 Å². The zero-order valence-corrected chi connectivity index (χ0v) is 41.4. The predicted molar refractivity (Wildman–Crippen MR) is 289 cm³/mol. The van der Waals surface area contributed by atoms with Gasteiger partial charge in [-0.2, -0.15) is 12.1 Å². The monoisotopic (exact) mass is 1090 g/mol. The summed E-state index contributed by atoms with van der Waals surface area (Å²) in [5, 5.41) is 6.96. The topological polar surface area (TPSA) is 37.4 Å². The van der Waals surface area contributed by atoms with Gasteiger partial charge in [-0.05, 0) is 57.8 Å². The van der Waals surface area contributed by atoms with Crippen LogP contribution in [-0.4, -0.2) is 13.8 Å². The van der Waals surface area contributed by atoms with Gasteiger partial charge in [0.15, 0.2) is 5.65 Å². The molecule has 1 aliphatic heterocycles. The normalized spacial score (nSPS) is 12.8. The van der Waals surface area contributed by atoms with Crippen LogP contribution in [0, 0.1) is 18.8 Å². The molecule has 0 radical (unpaired) electrons. The molecular weight excluding hydrogens is 1050 g/mol. The zero-order chi connectivity index (χ0) is 46.7. The molecule has 0 amide bonds. The second-order valence-corrected chi connectivity index (χ2v) is 19.3. The average Bonchev–Trinajstić information content (AvgIpc) is 4.06. The van der Waals surface area contributed by atoms with Crippen LogP contribution < -0.4 is 14.5 Å². The van der Waals surface area contributed by atoms with E-state index in [1.165, 1.54) is 27.2 Å². The molecule has 0 atom stereocenters. The number of fused-ring (bicyclic) bond motifs is 11. The summed E-state index contributed by atoms with van der Waals surface area (Å²) in [5.74, 6) is 1.17. The maximum atomic E-state index is 6.81. The molecule has 1 aliphatic rings. The molecule has 0 saturated heterocycles. The van der Waals surface area contributed by atoms with Gasteiger partial charge >= 0.3 is 0 Å². The minimum Gasteiger partial charge on any atom is -0.509 e. The van der Waals surface area contributed by atoms with Crippen LogP contribution in [0.4, 0.5) is 22.7 Å². The molecule has 344 valence electrons. The van der Waals surface area contributed by atoms with E-state index >= 15 is 0 Å². The molecule has 14 rings (SSSR count). The Morgan fingerprint density at radius 3 is 1.79 bits per heavy atom. The van der Waals surface area contributed by atoms with Gasteiger partial charge in [-0.3, -0.25) is 0 Å². The Bertz CT molecular complexity index is 4240. The summed E-state index contributed by atoms with van der Waals surface area (Å²) < 4.78 is 11.5. The molecule has 0 unspecified atom stereocenters. The van der Waals surface area contributed by atoms with Crippen LogP contribution in [0.15, 0.2) is 206 Å². The van der Waals surface area contributed by atoms with Gasteiger partial charge in [0.25, 0.3) is 0 Å². The van der Waals surface area contributed by atoms with E-state index in [-0.39, 0.29) is 26.5 Å². The van der Waals surface area contributed by atoms with Gasteiger partial charge in [-0.15, -0.1) is 48.1 Å². The number of anilines is 4. The minimum atomic E-state index is 0. The molecule has 71 heavy (non-hydrogen) atoms. The van der Waals surface area contributed by atoms with Crippen molar-refractivity contribution in [1.82, 2.24) is 13.8 Å². The molecule has 5 heterocycles. The number of hydrogen-bond donors (Lipinski definition) is 0. The van der Waals surface area contributed by atoms with Crippen LogP contribution in [0.25, 0.3) is 87.8 Å². The van der Waals surface area contributed by atoms with E-state index in [2.05, 4.69) is 234 Å². The van der Waals surface area contributed by atoms with E-state index in [4.69, 9.17) is 9.72 Å². The fraction of sp³-hybridized carbons (Fsp3) is 0.0625. The summed E-state index contributed by atoms with van der Waals surface area (Å²) in [6.07, 6.45) is 1.89. The number of nitrogens with zero attached hydrogens (tertiary/aromatic N) is 5. The third kappa shape index (κ3) is 6.69. The molecular formula is C64H44N5OPt-3. The number of pyridine rings is 1. The minimum absolute atomic E-state index is 0. The van der Waals surface area contributed by atoms with Crippen molar-refractivity contribution in [3.05, 3.63) is 231 Å². The second-order valence-electron chi connectivity index (χ2n) is 19.3. The molecule has 0 fully saturated rings. The number of aromatic nitrogens is 3. The van der Waals surface area contributed by atoms with Crippen LogP contribution >= 0.6 is 0 Å². The van der Waals surface area contributed by atoms with Crippen molar-refractivity contribution in [2.75, 3.05) is 9.80 Å². The maximum Gasteiger partial charge on any atom is 0.160 e. The number of para-hydroxylation sites is 6. The first-order valence-corrected chi connectivity index (χ1v) is 23.9. The van der Waals surface area contributed by atoms with E-state index in [0.29, 0.717) is 11.5 Å². The SMILES string of the molecule is CC(C)(C)c1ccc(-c2cccc(-c3ccccc3)c2N2[CH-]N(c3[c-]c(Oc4[c-]c5c(cc4)c4cccc6c7cccc8c9ccccc9n(c9cccnc9n5c46)c87)ccc3)c3ccccc32)cc1.[Pt].